The third-order valence-electron chi connectivity index (χ3n) is 6.36. The van der Waals surface area contributed by atoms with Crippen LogP contribution in [0.5, 0.6) is 0 Å². The number of rotatable bonds is 12. The zero-order chi connectivity index (χ0) is 22.3. The number of benzene rings is 1. The first-order valence-electron chi connectivity index (χ1n) is 12.5. The van der Waals surface area contributed by atoms with Gasteiger partial charge >= 0.3 is 0 Å². The van der Waals surface area contributed by atoms with Gasteiger partial charge in [-0.15, -0.1) is 0 Å². The number of nitrogens with one attached hydrogen (secondary N) is 2. The minimum Gasteiger partial charge on any atom is -0.381 e. The first-order chi connectivity index (χ1) is 15.8. The Balaban J connectivity index is 1.14. The Bertz CT molecular complexity index is 628. The fourth-order valence-electron chi connectivity index (χ4n) is 4.30. The van der Waals surface area contributed by atoms with Crippen LogP contribution in [0.4, 0.5) is 5.69 Å². The molecule has 0 amide bonds. The van der Waals surface area contributed by atoms with E-state index < -0.39 is 0 Å². The van der Waals surface area contributed by atoms with Gasteiger partial charge in [0.2, 0.25) is 0 Å². The molecule has 2 aliphatic heterocycles. The van der Waals surface area contributed by atoms with Gasteiger partial charge in [-0.05, 0) is 56.7 Å². The quantitative estimate of drug-likeness (QED) is 0.293. The maximum atomic E-state index is 5.83. The number of nitrogens with zero attached hydrogens (tertiary/aromatic N) is 3. The number of ether oxygens (including phenoxy) is 2. The van der Waals surface area contributed by atoms with Crippen LogP contribution in [0.3, 0.4) is 0 Å². The summed E-state index contributed by atoms with van der Waals surface area (Å²) in [5.41, 5.74) is 1.35. The molecule has 2 aliphatic rings. The molecule has 3 rings (SSSR count). The van der Waals surface area contributed by atoms with Crippen LogP contribution in [0.15, 0.2) is 35.3 Å². The molecule has 7 nitrogen and oxygen atoms in total. The van der Waals surface area contributed by atoms with Crippen molar-refractivity contribution in [2.75, 3.05) is 84.2 Å². The van der Waals surface area contributed by atoms with Crippen LogP contribution >= 0.6 is 0 Å². The lowest BCUT2D eigenvalue weighted by molar-refractivity contribution is 0.0203. The maximum absolute atomic E-state index is 5.83. The molecule has 180 valence electrons. The average molecular weight is 446 g/mol. The summed E-state index contributed by atoms with van der Waals surface area (Å²) in [4.78, 5) is 9.41. The summed E-state index contributed by atoms with van der Waals surface area (Å²) in [6.45, 7) is 11.0. The Morgan fingerprint density at radius 3 is 2.44 bits per heavy atom. The highest BCUT2D eigenvalue weighted by Crippen LogP contribution is 2.16. The second kappa shape index (κ2) is 15.1. The smallest absolute Gasteiger partial charge is 0.190 e. The molecular weight excluding hydrogens is 402 g/mol. The van der Waals surface area contributed by atoms with Crippen LogP contribution in [-0.2, 0) is 9.47 Å². The molecule has 2 N–H and O–H groups in total. The molecule has 0 unspecified atom stereocenters. The normalized spacial score (nSPS) is 18.7. The van der Waals surface area contributed by atoms with Crippen molar-refractivity contribution in [3.63, 3.8) is 0 Å². The number of guanidine groups is 1. The van der Waals surface area contributed by atoms with E-state index in [9.17, 15) is 0 Å². The summed E-state index contributed by atoms with van der Waals surface area (Å²) >= 11 is 0. The fraction of sp³-hybridized carbons (Fsp3) is 0.720. The van der Waals surface area contributed by atoms with Crippen LogP contribution in [0.2, 0.25) is 0 Å². The summed E-state index contributed by atoms with van der Waals surface area (Å²) in [5, 5.41) is 6.83. The molecule has 0 aromatic heterocycles. The van der Waals surface area contributed by atoms with Crippen molar-refractivity contribution in [2.45, 2.75) is 32.1 Å². The van der Waals surface area contributed by atoms with Gasteiger partial charge in [-0.2, -0.15) is 0 Å². The van der Waals surface area contributed by atoms with Crippen molar-refractivity contribution < 1.29 is 9.47 Å². The number of unbranched alkanes of at least 4 members (excludes halogenated alkanes) is 1. The lowest BCUT2D eigenvalue weighted by Crippen LogP contribution is -2.46. The molecule has 2 fully saturated rings. The highest BCUT2D eigenvalue weighted by atomic mass is 16.5. The lowest BCUT2D eigenvalue weighted by atomic mass is 10.0. The molecule has 0 atom stereocenters. The van der Waals surface area contributed by atoms with Crippen LogP contribution in [-0.4, -0.2) is 90.1 Å². The summed E-state index contributed by atoms with van der Waals surface area (Å²) in [6.07, 6.45) is 5.65. The van der Waals surface area contributed by atoms with E-state index in [-0.39, 0.29) is 0 Å². The minimum absolute atomic E-state index is 0.680. The van der Waals surface area contributed by atoms with Gasteiger partial charge in [0.1, 0.15) is 0 Å². The van der Waals surface area contributed by atoms with Gasteiger partial charge in [-0.3, -0.25) is 9.89 Å². The van der Waals surface area contributed by atoms with Gasteiger partial charge in [0.15, 0.2) is 5.96 Å². The monoisotopic (exact) mass is 445 g/mol. The van der Waals surface area contributed by atoms with Crippen molar-refractivity contribution >= 4 is 11.6 Å². The van der Waals surface area contributed by atoms with Crippen LogP contribution in [0, 0.1) is 5.92 Å². The lowest BCUT2D eigenvalue weighted by Gasteiger charge is -2.36. The van der Waals surface area contributed by atoms with Crippen molar-refractivity contribution in [3.05, 3.63) is 30.3 Å². The molecule has 0 radical (unpaired) electrons. The largest absolute Gasteiger partial charge is 0.381 e. The van der Waals surface area contributed by atoms with Crippen molar-refractivity contribution in [2.24, 2.45) is 10.9 Å². The second-order valence-corrected chi connectivity index (χ2v) is 8.78. The number of anilines is 1. The Hall–Kier alpha value is -1.83. The third kappa shape index (κ3) is 9.35. The van der Waals surface area contributed by atoms with E-state index in [2.05, 4.69) is 55.8 Å². The molecule has 0 aliphatic carbocycles. The standard InChI is InChI=1S/C25H43N5O2/c1-26-25(28-13-7-19-32-22-23-10-20-31-21-11-23)27-12-5-6-14-29-15-17-30(18-16-29)24-8-3-2-4-9-24/h2-4,8-9,23H,5-7,10-22H2,1H3,(H2,26,27,28). The van der Waals surface area contributed by atoms with Crippen LogP contribution < -0.4 is 15.5 Å². The molecular formula is C25H43N5O2. The second-order valence-electron chi connectivity index (χ2n) is 8.78. The summed E-state index contributed by atoms with van der Waals surface area (Å²) < 4.78 is 11.2. The van der Waals surface area contributed by atoms with Gasteiger partial charge in [-0.25, -0.2) is 0 Å². The van der Waals surface area contributed by atoms with E-state index in [0.29, 0.717) is 5.92 Å². The Kier molecular flexibility index (Phi) is 11.7. The molecule has 2 heterocycles. The molecule has 0 bridgehead atoms. The number of piperazine rings is 1. The highest BCUT2D eigenvalue weighted by Gasteiger charge is 2.16. The van der Waals surface area contributed by atoms with Crippen LogP contribution in [0.25, 0.3) is 0 Å². The molecule has 0 saturated carbocycles. The first kappa shape index (κ1) is 24.8. The molecule has 1 aromatic carbocycles. The Labute approximate surface area is 194 Å². The average Bonchev–Trinajstić information content (AvgIpc) is 2.86. The van der Waals surface area contributed by atoms with E-state index in [0.717, 1.165) is 97.3 Å². The fourth-order valence-corrected chi connectivity index (χ4v) is 4.30. The summed E-state index contributed by atoms with van der Waals surface area (Å²) in [5.74, 6) is 1.57. The van der Waals surface area contributed by atoms with E-state index in [1.54, 1.807) is 0 Å². The predicted octanol–water partition coefficient (Wildman–Crippen LogP) is 2.59. The number of aliphatic imine (C=N–C) groups is 1. The Morgan fingerprint density at radius 1 is 1.00 bits per heavy atom. The topological polar surface area (TPSA) is 61.4 Å². The minimum atomic E-state index is 0.680. The molecule has 1 aromatic rings. The van der Waals surface area contributed by atoms with Gasteiger partial charge in [0.05, 0.1) is 0 Å². The summed E-state index contributed by atoms with van der Waals surface area (Å²) in [6, 6.07) is 10.8. The predicted molar refractivity (Wildman–Crippen MR) is 133 cm³/mol. The molecule has 2 saturated heterocycles. The van der Waals surface area contributed by atoms with Gasteiger partial charge in [-0.1, -0.05) is 18.2 Å². The van der Waals surface area contributed by atoms with E-state index >= 15 is 0 Å². The summed E-state index contributed by atoms with van der Waals surface area (Å²) in [7, 11) is 1.84. The first-order valence-corrected chi connectivity index (χ1v) is 12.5. The zero-order valence-electron chi connectivity index (χ0n) is 19.9. The van der Waals surface area contributed by atoms with Gasteiger partial charge in [0.25, 0.3) is 0 Å². The Morgan fingerprint density at radius 2 is 1.72 bits per heavy atom. The van der Waals surface area contributed by atoms with Gasteiger partial charge < -0.3 is 25.0 Å². The van der Waals surface area contributed by atoms with Crippen molar-refractivity contribution in [1.29, 1.82) is 0 Å². The van der Waals surface area contributed by atoms with Crippen LogP contribution in [0.1, 0.15) is 32.1 Å². The molecule has 32 heavy (non-hydrogen) atoms. The van der Waals surface area contributed by atoms with E-state index in [1.165, 1.54) is 18.7 Å². The number of hydrogen-bond donors (Lipinski definition) is 2. The zero-order valence-corrected chi connectivity index (χ0v) is 19.9. The van der Waals surface area contributed by atoms with Crippen molar-refractivity contribution in [1.82, 2.24) is 15.5 Å². The number of para-hydroxylation sites is 1. The number of hydrogen-bond acceptors (Lipinski definition) is 5. The third-order valence-corrected chi connectivity index (χ3v) is 6.36. The van der Waals surface area contributed by atoms with Gasteiger partial charge in [0, 0.05) is 78.4 Å². The van der Waals surface area contributed by atoms with Crippen molar-refractivity contribution in [3.8, 4) is 0 Å². The highest BCUT2D eigenvalue weighted by molar-refractivity contribution is 5.79. The SMILES string of the molecule is CN=C(NCCCCN1CCN(c2ccccc2)CC1)NCCCOCC1CCOCC1. The molecule has 7 heteroatoms. The maximum Gasteiger partial charge on any atom is 0.190 e. The molecule has 0 spiro atoms. The van der Waals surface area contributed by atoms with E-state index in [4.69, 9.17) is 9.47 Å². The van der Waals surface area contributed by atoms with E-state index in [1.807, 2.05) is 7.05 Å².